The van der Waals surface area contributed by atoms with Crippen LogP contribution in [0.25, 0.3) is 0 Å². The van der Waals surface area contributed by atoms with Crippen LogP contribution in [0.5, 0.6) is 0 Å². The van der Waals surface area contributed by atoms with E-state index in [1.54, 1.807) is 0 Å². The number of morpholine rings is 1. The van der Waals surface area contributed by atoms with Crippen molar-refractivity contribution in [1.82, 2.24) is 4.90 Å². The van der Waals surface area contributed by atoms with Gasteiger partial charge < -0.3 is 9.84 Å². The second-order valence-electron chi connectivity index (χ2n) is 3.68. The molecule has 0 radical (unpaired) electrons. The molecule has 0 spiro atoms. The fourth-order valence-corrected chi connectivity index (χ4v) is 2.79. The molecule has 1 N–H and O–H groups in total. The van der Waals surface area contributed by atoms with Crippen LogP contribution in [0.3, 0.4) is 0 Å². The molecule has 0 unspecified atom stereocenters. The van der Waals surface area contributed by atoms with E-state index >= 15 is 0 Å². The SMILES string of the molecule is O=S(=O)(CCCO)CCN1CCOCC1. The molecule has 1 saturated heterocycles. The summed E-state index contributed by atoms with van der Waals surface area (Å²) in [6.45, 7) is 3.53. The summed E-state index contributed by atoms with van der Waals surface area (Å²) >= 11 is 0. The number of aliphatic hydroxyl groups excluding tert-OH is 1. The molecule has 0 aromatic heterocycles. The summed E-state index contributed by atoms with van der Waals surface area (Å²) in [6, 6.07) is 0. The first kappa shape index (κ1) is 12.9. The van der Waals surface area contributed by atoms with Crippen LogP contribution in [-0.2, 0) is 14.6 Å². The van der Waals surface area contributed by atoms with Gasteiger partial charge in [0.15, 0.2) is 9.84 Å². The molecule has 1 fully saturated rings. The van der Waals surface area contributed by atoms with Crippen molar-refractivity contribution in [3.05, 3.63) is 0 Å². The highest BCUT2D eigenvalue weighted by atomic mass is 32.2. The van der Waals surface area contributed by atoms with Crippen molar-refractivity contribution in [3.8, 4) is 0 Å². The van der Waals surface area contributed by atoms with Gasteiger partial charge in [-0.15, -0.1) is 0 Å². The van der Waals surface area contributed by atoms with E-state index in [0.29, 0.717) is 26.2 Å². The monoisotopic (exact) mass is 237 g/mol. The molecule has 0 aliphatic carbocycles. The molecule has 1 aliphatic heterocycles. The maximum atomic E-state index is 11.5. The molecule has 5 nitrogen and oxygen atoms in total. The van der Waals surface area contributed by atoms with Crippen molar-refractivity contribution in [3.63, 3.8) is 0 Å². The summed E-state index contributed by atoms with van der Waals surface area (Å²) in [6.07, 6.45) is 0.339. The van der Waals surface area contributed by atoms with Crippen LogP contribution in [0.4, 0.5) is 0 Å². The van der Waals surface area contributed by atoms with Crippen molar-refractivity contribution >= 4 is 9.84 Å². The van der Waals surface area contributed by atoms with Gasteiger partial charge in [0, 0.05) is 26.2 Å². The van der Waals surface area contributed by atoms with Crippen molar-refractivity contribution in [2.75, 3.05) is 51.0 Å². The largest absolute Gasteiger partial charge is 0.396 e. The summed E-state index contributed by atoms with van der Waals surface area (Å²) in [5.41, 5.74) is 0. The van der Waals surface area contributed by atoms with E-state index in [2.05, 4.69) is 4.90 Å². The average molecular weight is 237 g/mol. The lowest BCUT2D eigenvalue weighted by molar-refractivity contribution is 0.0408. The highest BCUT2D eigenvalue weighted by Crippen LogP contribution is 2.00. The molecule has 0 amide bonds. The molecular formula is C9H19NO4S. The molecule has 90 valence electrons. The van der Waals surface area contributed by atoms with E-state index in [0.717, 1.165) is 13.1 Å². The van der Waals surface area contributed by atoms with Gasteiger partial charge in [-0.1, -0.05) is 0 Å². The Morgan fingerprint density at radius 3 is 2.47 bits per heavy atom. The predicted molar refractivity (Wildman–Crippen MR) is 57.6 cm³/mol. The zero-order chi connectivity index (χ0) is 11.1. The van der Waals surface area contributed by atoms with Crippen molar-refractivity contribution in [2.45, 2.75) is 6.42 Å². The maximum absolute atomic E-state index is 11.5. The highest BCUT2D eigenvalue weighted by molar-refractivity contribution is 7.91. The predicted octanol–water partition coefficient (Wildman–Crippen LogP) is -0.884. The second kappa shape index (κ2) is 6.42. The minimum Gasteiger partial charge on any atom is -0.396 e. The minimum absolute atomic E-state index is 0.0587. The Morgan fingerprint density at radius 1 is 1.20 bits per heavy atom. The highest BCUT2D eigenvalue weighted by Gasteiger charge is 2.15. The molecular weight excluding hydrogens is 218 g/mol. The van der Waals surface area contributed by atoms with Gasteiger partial charge in [-0.3, -0.25) is 4.90 Å². The van der Waals surface area contributed by atoms with Gasteiger partial charge in [-0.2, -0.15) is 0 Å². The normalized spacial score (nSPS) is 19.3. The Bertz CT molecular complexity index is 259. The number of sulfone groups is 1. The standard InChI is InChI=1S/C9H19NO4S/c11-5-1-8-15(12,13)9-4-10-2-6-14-7-3-10/h11H,1-9H2. The lowest BCUT2D eigenvalue weighted by Gasteiger charge is -2.26. The number of nitrogens with zero attached hydrogens (tertiary/aromatic N) is 1. The number of rotatable bonds is 6. The third-order valence-electron chi connectivity index (χ3n) is 2.44. The molecule has 0 aromatic rings. The lowest BCUT2D eigenvalue weighted by Crippen LogP contribution is -2.39. The zero-order valence-electron chi connectivity index (χ0n) is 8.89. The van der Waals surface area contributed by atoms with Crippen LogP contribution in [-0.4, -0.2) is 69.4 Å². The molecule has 0 bridgehead atoms. The van der Waals surface area contributed by atoms with E-state index < -0.39 is 9.84 Å². The van der Waals surface area contributed by atoms with Crippen LogP contribution in [0.15, 0.2) is 0 Å². The second-order valence-corrected chi connectivity index (χ2v) is 5.99. The first-order chi connectivity index (χ1) is 7.14. The molecule has 15 heavy (non-hydrogen) atoms. The Balaban J connectivity index is 2.22. The van der Waals surface area contributed by atoms with Crippen LogP contribution in [0.1, 0.15) is 6.42 Å². The molecule has 1 rings (SSSR count). The third kappa shape index (κ3) is 5.46. The van der Waals surface area contributed by atoms with Crippen LogP contribution < -0.4 is 0 Å². The van der Waals surface area contributed by atoms with Gasteiger partial charge in [-0.25, -0.2) is 8.42 Å². The molecule has 6 heteroatoms. The molecule has 0 aromatic carbocycles. The fourth-order valence-electron chi connectivity index (χ4n) is 1.48. The van der Waals surface area contributed by atoms with Crippen LogP contribution >= 0.6 is 0 Å². The molecule has 1 aliphatic rings. The summed E-state index contributed by atoms with van der Waals surface area (Å²) in [5.74, 6) is 0.279. The van der Waals surface area contributed by atoms with Gasteiger partial charge in [0.2, 0.25) is 0 Å². The van der Waals surface area contributed by atoms with E-state index in [-0.39, 0.29) is 18.1 Å². The van der Waals surface area contributed by atoms with E-state index in [9.17, 15) is 8.42 Å². The number of aliphatic hydroxyl groups is 1. The smallest absolute Gasteiger partial charge is 0.151 e. The van der Waals surface area contributed by atoms with Gasteiger partial charge in [0.1, 0.15) is 0 Å². The summed E-state index contributed by atoms with van der Waals surface area (Å²) in [5, 5.41) is 8.56. The zero-order valence-corrected chi connectivity index (χ0v) is 9.71. The quantitative estimate of drug-likeness (QED) is 0.649. The molecule has 1 heterocycles. The van der Waals surface area contributed by atoms with Crippen molar-refractivity contribution < 1.29 is 18.3 Å². The first-order valence-electron chi connectivity index (χ1n) is 5.25. The van der Waals surface area contributed by atoms with Gasteiger partial charge in [-0.05, 0) is 6.42 Å². The summed E-state index contributed by atoms with van der Waals surface area (Å²) in [7, 11) is -2.99. The van der Waals surface area contributed by atoms with E-state index in [4.69, 9.17) is 9.84 Å². The number of hydrogen-bond acceptors (Lipinski definition) is 5. The van der Waals surface area contributed by atoms with Gasteiger partial charge >= 0.3 is 0 Å². The first-order valence-corrected chi connectivity index (χ1v) is 7.07. The van der Waals surface area contributed by atoms with E-state index in [1.165, 1.54) is 0 Å². The summed E-state index contributed by atoms with van der Waals surface area (Å²) in [4.78, 5) is 2.10. The number of ether oxygens (including phenoxy) is 1. The Hall–Kier alpha value is -0.170. The average Bonchev–Trinajstić information content (AvgIpc) is 2.25. The Labute approximate surface area is 90.9 Å². The third-order valence-corrected chi connectivity index (χ3v) is 4.15. The van der Waals surface area contributed by atoms with Crippen LogP contribution in [0.2, 0.25) is 0 Å². The van der Waals surface area contributed by atoms with Gasteiger partial charge in [0.05, 0.1) is 24.7 Å². The van der Waals surface area contributed by atoms with E-state index in [1.807, 2.05) is 0 Å². The fraction of sp³-hybridized carbons (Fsp3) is 1.00. The maximum Gasteiger partial charge on any atom is 0.151 e. The minimum atomic E-state index is -2.99. The van der Waals surface area contributed by atoms with Gasteiger partial charge in [0.25, 0.3) is 0 Å². The Morgan fingerprint density at radius 2 is 1.87 bits per heavy atom. The topological polar surface area (TPSA) is 66.8 Å². The summed E-state index contributed by atoms with van der Waals surface area (Å²) < 4.78 is 28.1. The van der Waals surface area contributed by atoms with Crippen molar-refractivity contribution in [1.29, 1.82) is 0 Å². The molecule has 0 atom stereocenters. The number of hydrogen-bond donors (Lipinski definition) is 1. The Kier molecular flexibility index (Phi) is 5.52. The lowest BCUT2D eigenvalue weighted by atomic mass is 10.4. The van der Waals surface area contributed by atoms with Crippen LogP contribution in [0, 0.1) is 0 Å². The molecule has 0 saturated carbocycles. The van der Waals surface area contributed by atoms with Crippen molar-refractivity contribution in [2.24, 2.45) is 0 Å².